The first-order valence-corrected chi connectivity index (χ1v) is 13.5. The van der Waals surface area contributed by atoms with E-state index in [0.717, 1.165) is 12.1 Å². The van der Waals surface area contributed by atoms with E-state index in [2.05, 4.69) is 4.84 Å². The molecule has 0 aliphatic heterocycles. The molecule has 0 saturated heterocycles. The molecule has 1 aliphatic rings. The first-order valence-electron chi connectivity index (χ1n) is 13.5. The van der Waals surface area contributed by atoms with Crippen molar-refractivity contribution in [2.24, 2.45) is 11.8 Å². The predicted molar refractivity (Wildman–Crippen MR) is 138 cm³/mol. The van der Waals surface area contributed by atoms with E-state index in [1.54, 1.807) is 0 Å². The lowest BCUT2D eigenvalue weighted by molar-refractivity contribution is -0.758. The number of carbonyl (C=O) groups excluding carboxylic acids is 1. The third kappa shape index (κ3) is 13.5. The van der Waals surface area contributed by atoms with Gasteiger partial charge in [0.1, 0.15) is 25.6 Å². The molecule has 0 unspecified atom stereocenters. The summed E-state index contributed by atoms with van der Waals surface area (Å²) in [4.78, 5) is 25.8. The summed E-state index contributed by atoms with van der Waals surface area (Å²) in [6.45, 7) is -0.263. The van der Waals surface area contributed by atoms with Gasteiger partial charge in [-0.25, -0.2) is 0 Å². The predicted octanol–water partition coefficient (Wildman–Crippen LogP) is 3.47. The molecule has 0 heterocycles. The summed E-state index contributed by atoms with van der Waals surface area (Å²) in [5.41, 5.74) is -0.842. The maximum Gasteiger partial charge on any atom is 0.416 e. The highest BCUT2D eigenvalue weighted by Crippen LogP contribution is 2.38. The number of nitrogens with zero attached hydrogens (tertiary/aromatic N) is 1. The molecule has 1 fully saturated rings. The van der Waals surface area contributed by atoms with Gasteiger partial charge < -0.3 is 34.4 Å². The summed E-state index contributed by atoms with van der Waals surface area (Å²) in [5, 5.41) is 40.2. The molecule has 0 amide bonds. The molecule has 1 saturated carbocycles. The number of unbranched alkanes of at least 4 members (excludes halogenated alkanes) is 1. The van der Waals surface area contributed by atoms with Crippen molar-refractivity contribution in [1.29, 1.82) is 0 Å². The Kier molecular flexibility index (Phi) is 14.9. The zero-order valence-electron chi connectivity index (χ0n) is 22.6. The van der Waals surface area contributed by atoms with Crippen molar-refractivity contribution in [3.63, 3.8) is 0 Å². The van der Waals surface area contributed by atoms with E-state index in [9.17, 15) is 43.4 Å². The first kappa shape index (κ1) is 34.3. The van der Waals surface area contributed by atoms with Gasteiger partial charge in [0.25, 0.3) is 5.09 Å². The van der Waals surface area contributed by atoms with E-state index in [1.165, 1.54) is 12.1 Å². The summed E-state index contributed by atoms with van der Waals surface area (Å²) >= 11 is 0. The van der Waals surface area contributed by atoms with Crippen LogP contribution in [-0.2, 0) is 25.3 Å². The number of hydrogen-bond acceptors (Lipinski definition) is 10. The number of esters is 1. The van der Waals surface area contributed by atoms with Gasteiger partial charge in [-0.3, -0.25) is 4.79 Å². The lowest BCUT2D eigenvalue weighted by Crippen LogP contribution is -2.25. The number of carbonyl (C=O) groups is 1. The molecular formula is C27H38F3NO10. The number of benzene rings is 1. The summed E-state index contributed by atoms with van der Waals surface area (Å²) in [6, 6.07) is 4.41. The quantitative estimate of drug-likeness (QED) is 0.0713. The Labute approximate surface area is 236 Å². The van der Waals surface area contributed by atoms with Crippen molar-refractivity contribution in [3.05, 3.63) is 52.1 Å². The highest BCUT2D eigenvalue weighted by atomic mass is 19.4. The van der Waals surface area contributed by atoms with Crippen LogP contribution in [0.5, 0.6) is 5.75 Å². The first-order chi connectivity index (χ1) is 19.5. The highest BCUT2D eigenvalue weighted by Gasteiger charge is 2.40. The summed E-state index contributed by atoms with van der Waals surface area (Å²) in [7, 11) is 0. The minimum atomic E-state index is -4.50. The van der Waals surface area contributed by atoms with Gasteiger partial charge >= 0.3 is 12.1 Å². The highest BCUT2D eigenvalue weighted by molar-refractivity contribution is 5.69. The number of aliphatic hydroxyl groups is 3. The van der Waals surface area contributed by atoms with Crippen LogP contribution in [0, 0.1) is 22.0 Å². The Bertz CT molecular complexity index is 962. The third-order valence-corrected chi connectivity index (χ3v) is 6.70. The fourth-order valence-electron chi connectivity index (χ4n) is 4.62. The largest absolute Gasteiger partial charge is 0.491 e. The number of allylic oxidation sites excluding steroid dienone is 2. The molecule has 1 aromatic rings. The molecular weight excluding hydrogens is 555 g/mol. The molecule has 41 heavy (non-hydrogen) atoms. The molecule has 0 spiro atoms. The molecule has 3 N–H and O–H groups in total. The maximum absolute atomic E-state index is 12.9. The Morgan fingerprint density at radius 2 is 1.85 bits per heavy atom. The van der Waals surface area contributed by atoms with E-state index in [4.69, 9.17) is 14.2 Å². The number of rotatable bonds is 19. The minimum Gasteiger partial charge on any atom is -0.491 e. The van der Waals surface area contributed by atoms with E-state index in [0.29, 0.717) is 25.7 Å². The molecule has 0 bridgehead atoms. The van der Waals surface area contributed by atoms with Crippen LogP contribution in [0.1, 0.15) is 50.5 Å². The summed E-state index contributed by atoms with van der Waals surface area (Å²) < 4.78 is 53.9. The lowest BCUT2D eigenvalue weighted by atomic mass is 9.86. The molecule has 1 aromatic carbocycles. The van der Waals surface area contributed by atoms with Crippen molar-refractivity contribution in [2.45, 2.75) is 69.4 Å². The van der Waals surface area contributed by atoms with Crippen LogP contribution < -0.4 is 4.74 Å². The van der Waals surface area contributed by atoms with Crippen molar-refractivity contribution < 1.29 is 57.4 Å². The van der Waals surface area contributed by atoms with Gasteiger partial charge in [-0.05, 0) is 68.6 Å². The van der Waals surface area contributed by atoms with Gasteiger partial charge in [0, 0.05) is 6.42 Å². The number of alkyl halides is 3. The van der Waals surface area contributed by atoms with Crippen LogP contribution in [-0.4, -0.2) is 77.7 Å². The molecule has 5 atom stereocenters. The van der Waals surface area contributed by atoms with Gasteiger partial charge in [-0.2, -0.15) is 13.2 Å². The van der Waals surface area contributed by atoms with Crippen molar-refractivity contribution >= 4 is 5.97 Å². The van der Waals surface area contributed by atoms with Crippen LogP contribution in [0.25, 0.3) is 0 Å². The second-order valence-electron chi connectivity index (χ2n) is 9.75. The van der Waals surface area contributed by atoms with Gasteiger partial charge in [0.05, 0.1) is 37.1 Å². The van der Waals surface area contributed by atoms with Crippen molar-refractivity contribution in [1.82, 2.24) is 0 Å². The fraction of sp³-hybridized carbons (Fsp3) is 0.667. The number of halogens is 3. The normalized spacial score (nSPS) is 21.6. The van der Waals surface area contributed by atoms with Crippen molar-refractivity contribution in [2.75, 3.05) is 33.0 Å². The summed E-state index contributed by atoms with van der Waals surface area (Å²) in [5.74, 6) is -0.883. The molecule has 0 aromatic heterocycles. The van der Waals surface area contributed by atoms with E-state index < -0.39 is 41.1 Å². The van der Waals surface area contributed by atoms with Crippen LogP contribution in [0.15, 0.2) is 36.4 Å². The number of ether oxygens (including phenoxy) is 3. The number of hydrogen-bond donors (Lipinski definition) is 3. The Morgan fingerprint density at radius 3 is 2.59 bits per heavy atom. The average molecular weight is 594 g/mol. The van der Waals surface area contributed by atoms with Gasteiger partial charge in [0.15, 0.2) is 0 Å². The summed E-state index contributed by atoms with van der Waals surface area (Å²) in [6.07, 6.45) is -0.408. The molecule has 11 nitrogen and oxygen atoms in total. The molecule has 0 radical (unpaired) electrons. The average Bonchev–Trinajstić information content (AvgIpc) is 3.18. The zero-order valence-corrected chi connectivity index (χ0v) is 22.6. The second kappa shape index (κ2) is 17.8. The third-order valence-electron chi connectivity index (χ3n) is 6.70. The van der Waals surface area contributed by atoms with Gasteiger partial charge in [-0.1, -0.05) is 18.2 Å². The molecule has 232 valence electrons. The Balaban J connectivity index is 1.63. The van der Waals surface area contributed by atoms with Crippen LogP contribution in [0.2, 0.25) is 0 Å². The number of aliphatic hydroxyl groups excluding tert-OH is 3. The zero-order chi connectivity index (χ0) is 30.3. The van der Waals surface area contributed by atoms with Gasteiger partial charge in [0.2, 0.25) is 0 Å². The Hall–Kier alpha value is -2.94. The topological polar surface area (TPSA) is 158 Å². The Morgan fingerprint density at radius 1 is 1.12 bits per heavy atom. The fourth-order valence-corrected chi connectivity index (χ4v) is 4.62. The smallest absolute Gasteiger partial charge is 0.416 e. The van der Waals surface area contributed by atoms with Crippen molar-refractivity contribution in [3.8, 4) is 5.75 Å². The van der Waals surface area contributed by atoms with Crippen LogP contribution in [0.3, 0.4) is 0 Å². The van der Waals surface area contributed by atoms with E-state index >= 15 is 0 Å². The van der Waals surface area contributed by atoms with Crippen LogP contribution >= 0.6 is 0 Å². The van der Waals surface area contributed by atoms with E-state index in [-0.39, 0.29) is 69.9 Å². The standard InChI is InChI=1S/C27H38F3NO10/c28-27(29,30)19-6-5-7-21(16-19)40-18-20(32)10-11-23-22(24(33)17-25(23)34)8-3-1-2-4-9-26(35)39-14-12-38-13-15-41-31(36)37/h1,3,5-7,16,20,22-25,32-34H,2,4,8-15,17-18H2/t20-,22-,23-,24+,25-/m1/s1. The van der Waals surface area contributed by atoms with E-state index in [1.807, 2.05) is 12.2 Å². The molecule has 2 rings (SSSR count). The maximum atomic E-state index is 12.9. The van der Waals surface area contributed by atoms with Crippen LogP contribution in [0.4, 0.5) is 13.2 Å². The second-order valence-corrected chi connectivity index (χ2v) is 9.75. The molecule has 1 aliphatic carbocycles. The SMILES string of the molecule is O=C(CCCC=CC[C@@H]1[C@@H](CC[C@@H](O)COc2cccc(C(F)(F)F)c2)[C@H](O)C[C@@H]1O)OCCOCCO[N+](=O)[O-]. The van der Waals surface area contributed by atoms with Gasteiger partial charge in [-0.15, -0.1) is 10.1 Å². The molecule has 14 heteroatoms. The monoisotopic (exact) mass is 593 g/mol. The lowest BCUT2D eigenvalue weighted by Gasteiger charge is -2.23. The minimum absolute atomic E-state index is 0.00145.